The summed E-state index contributed by atoms with van der Waals surface area (Å²) >= 11 is 0. The van der Waals surface area contributed by atoms with Crippen molar-refractivity contribution in [2.24, 2.45) is 0 Å². The molecule has 2 aromatic rings. The summed E-state index contributed by atoms with van der Waals surface area (Å²) in [5, 5.41) is 20.7. The molecule has 2 N–H and O–H groups in total. The van der Waals surface area contributed by atoms with Crippen molar-refractivity contribution in [2.75, 3.05) is 5.32 Å². The number of nitrogens with zero attached hydrogens (tertiary/aromatic N) is 1. The SMILES string of the molecule is N#C/C(=C\c1ccc(F)cc1)C(=O)Nc1ccc(O)cc1. The predicted octanol–water partition coefficient (Wildman–Crippen LogP) is 3.08. The Morgan fingerprint density at radius 3 is 2.33 bits per heavy atom. The largest absolute Gasteiger partial charge is 0.508 e. The van der Waals surface area contributed by atoms with Crippen molar-refractivity contribution in [1.82, 2.24) is 0 Å². The molecule has 0 heterocycles. The van der Waals surface area contributed by atoms with Crippen LogP contribution >= 0.6 is 0 Å². The first-order valence-corrected chi connectivity index (χ1v) is 6.06. The van der Waals surface area contributed by atoms with Crippen molar-refractivity contribution in [3.05, 3.63) is 65.5 Å². The molecule has 0 aliphatic heterocycles. The maximum atomic E-state index is 12.8. The Morgan fingerprint density at radius 2 is 1.76 bits per heavy atom. The highest BCUT2D eigenvalue weighted by molar-refractivity contribution is 6.09. The van der Waals surface area contributed by atoms with Crippen LogP contribution in [0.3, 0.4) is 0 Å². The summed E-state index contributed by atoms with van der Waals surface area (Å²) in [7, 11) is 0. The van der Waals surface area contributed by atoms with Crippen LogP contribution in [0.25, 0.3) is 6.08 Å². The van der Waals surface area contributed by atoms with Gasteiger partial charge < -0.3 is 10.4 Å². The van der Waals surface area contributed by atoms with Crippen LogP contribution in [-0.4, -0.2) is 11.0 Å². The molecule has 1 amide bonds. The van der Waals surface area contributed by atoms with E-state index in [1.54, 1.807) is 6.07 Å². The smallest absolute Gasteiger partial charge is 0.266 e. The van der Waals surface area contributed by atoms with Gasteiger partial charge in [-0.3, -0.25) is 4.79 Å². The van der Waals surface area contributed by atoms with Crippen molar-refractivity contribution >= 4 is 17.7 Å². The lowest BCUT2D eigenvalue weighted by Crippen LogP contribution is -2.13. The number of hydrogen-bond donors (Lipinski definition) is 2. The second-order valence-corrected chi connectivity index (χ2v) is 4.22. The third-order valence-electron chi connectivity index (χ3n) is 2.67. The van der Waals surface area contributed by atoms with Crippen LogP contribution in [0.1, 0.15) is 5.56 Å². The monoisotopic (exact) mass is 282 g/mol. The Kier molecular flexibility index (Phi) is 4.32. The number of aromatic hydroxyl groups is 1. The highest BCUT2D eigenvalue weighted by atomic mass is 19.1. The van der Waals surface area contributed by atoms with E-state index in [2.05, 4.69) is 5.32 Å². The fourth-order valence-corrected chi connectivity index (χ4v) is 1.62. The summed E-state index contributed by atoms with van der Waals surface area (Å²) in [5.74, 6) is -0.887. The summed E-state index contributed by atoms with van der Waals surface area (Å²) in [6, 6.07) is 13.1. The van der Waals surface area contributed by atoms with Gasteiger partial charge in [0.1, 0.15) is 23.2 Å². The van der Waals surface area contributed by atoms with Crippen LogP contribution in [0, 0.1) is 17.1 Å². The zero-order valence-electron chi connectivity index (χ0n) is 10.9. The molecule has 0 radical (unpaired) electrons. The first-order chi connectivity index (χ1) is 10.1. The van der Waals surface area contributed by atoms with E-state index in [0.717, 1.165) is 0 Å². The molecule has 0 spiro atoms. The standard InChI is InChI=1S/C16H11FN2O2/c17-13-3-1-11(2-4-13)9-12(10-18)16(21)19-14-5-7-15(20)8-6-14/h1-9,20H,(H,19,21)/b12-9+. The quantitative estimate of drug-likeness (QED) is 0.516. The van der Waals surface area contributed by atoms with Gasteiger partial charge >= 0.3 is 0 Å². The number of phenols is 1. The lowest BCUT2D eigenvalue weighted by molar-refractivity contribution is -0.112. The van der Waals surface area contributed by atoms with Gasteiger partial charge in [-0.25, -0.2) is 4.39 Å². The number of rotatable bonds is 3. The van der Waals surface area contributed by atoms with E-state index in [-0.39, 0.29) is 17.1 Å². The second-order valence-electron chi connectivity index (χ2n) is 4.22. The van der Waals surface area contributed by atoms with E-state index in [9.17, 15) is 9.18 Å². The third kappa shape index (κ3) is 3.91. The molecule has 2 rings (SSSR count). The summed E-state index contributed by atoms with van der Waals surface area (Å²) in [5.41, 5.74) is 0.904. The van der Waals surface area contributed by atoms with Crippen LogP contribution in [0.2, 0.25) is 0 Å². The molecule has 0 saturated carbocycles. The number of nitriles is 1. The second kappa shape index (κ2) is 6.35. The van der Waals surface area contributed by atoms with Crippen LogP contribution in [0.5, 0.6) is 5.75 Å². The van der Waals surface area contributed by atoms with Crippen molar-refractivity contribution in [2.45, 2.75) is 0 Å². The van der Waals surface area contributed by atoms with E-state index in [0.29, 0.717) is 11.3 Å². The minimum absolute atomic E-state index is 0.0790. The van der Waals surface area contributed by atoms with E-state index in [4.69, 9.17) is 10.4 Å². The number of phenolic OH excluding ortho intramolecular Hbond substituents is 1. The van der Waals surface area contributed by atoms with Gasteiger partial charge in [0.25, 0.3) is 5.91 Å². The van der Waals surface area contributed by atoms with Gasteiger partial charge in [0.2, 0.25) is 0 Å². The van der Waals surface area contributed by atoms with Gasteiger partial charge in [-0.15, -0.1) is 0 Å². The first kappa shape index (κ1) is 14.3. The first-order valence-electron chi connectivity index (χ1n) is 6.06. The zero-order chi connectivity index (χ0) is 15.2. The molecule has 0 saturated heterocycles. The topological polar surface area (TPSA) is 73.1 Å². The van der Waals surface area contributed by atoms with E-state index in [1.807, 2.05) is 0 Å². The minimum atomic E-state index is -0.576. The van der Waals surface area contributed by atoms with Crippen molar-refractivity contribution in [3.63, 3.8) is 0 Å². The Balaban J connectivity index is 2.17. The fourth-order valence-electron chi connectivity index (χ4n) is 1.62. The lowest BCUT2D eigenvalue weighted by Gasteiger charge is -2.04. The zero-order valence-corrected chi connectivity index (χ0v) is 10.9. The molecule has 4 nitrogen and oxygen atoms in total. The van der Waals surface area contributed by atoms with Gasteiger partial charge in [0.15, 0.2) is 0 Å². The molecular formula is C16H11FN2O2. The summed E-state index contributed by atoms with van der Waals surface area (Å²) in [4.78, 5) is 12.0. The number of hydrogen-bond acceptors (Lipinski definition) is 3. The maximum Gasteiger partial charge on any atom is 0.266 e. The number of carbonyl (C=O) groups excluding carboxylic acids is 1. The van der Waals surface area contributed by atoms with Crippen LogP contribution in [0.4, 0.5) is 10.1 Å². The Bertz CT molecular complexity index is 713. The third-order valence-corrected chi connectivity index (χ3v) is 2.67. The van der Waals surface area contributed by atoms with E-state index >= 15 is 0 Å². The molecule has 0 bridgehead atoms. The highest BCUT2D eigenvalue weighted by Gasteiger charge is 2.09. The molecule has 0 aromatic heterocycles. The number of amides is 1. The number of anilines is 1. The van der Waals surface area contributed by atoms with Crippen LogP contribution in [0.15, 0.2) is 54.1 Å². The average molecular weight is 282 g/mol. The molecule has 0 aliphatic rings. The van der Waals surface area contributed by atoms with Gasteiger partial charge in [-0.1, -0.05) is 12.1 Å². The highest BCUT2D eigenvalue weighted by Crippen LogP contribution is 2.15. The average Bonchev–Trinajstić information content (AvgIpc) is 2.49. The molecule has 5 heteroatoms. The summed E-state index contributed by atoms with van der Waals surface area (Å²) in [6.07, 6.45) is 1.37. The molecule has 104 valence electrons. The minimum Gasteiger partial charge on any atom is -0.508 e. The predicted molar refractivity (Wildman–Crippen MR) is 76.7 cm³/mol. The van der Waals surface area contributed by atoms with E-state index < -0.39 is 5.91 Å². The summed E-state index contributed by atoms with van der Waals surface area (Å²) in [6.45, 7) is 0. The van der Waals surface area contributed by atoms with Gasteiger partial charge in [0.05, 0.1) is 0 Å². The Hall–Kier alpha value is -3.13. The van der Waals surface area contributed by atoms with Crippen LogP contribution < -0.4 is 5.32 Å². The van der Waals surface area contributed by atoms with Crippen molar-refractivity contribution in [3.8, 4) is 11.8 Å². The fraction of sp³-hybridized carbons (Fsp3) is 0. The molecule has 0 aliphatic carbocycles. The lowest BCUT2D eigenvalue weighted by atomic mass is 10.1. The maximum absolute atomic E-state index is 12.8. The number of halogens is 1. The van der Waals surface area contributed by atoms with Crippen molar-refractivity contribution in [1.29, 1.82) is 5.26 Å². The Morgan fingerprint density at radius 1 is 1.14 bits per heavy atom. The number of nitrogens with one attached hydrogen (secondary N) is 1. The molecule has 21 heavy (non-hydrogen) atoms. The molecule has 2 aromatic carbocycles. The molecule has 0 unspecified atom stereocenters. The molecular weight excluding hydrogens is 271 g/mol. The van der Waals surface area contributed by atoms with Gasteiger partial charge in [-0.05, 0) is 48.0 Å². The van der Waals surface area contributed by atoms with Crippen molar-refractivity contribution < 1.29 is 14.3 Å². The molecule has 0 fully saturated rings. The van der Waals surface area contributed by atoms with Crippen LogP contribution in [-0.2, 0) is 4.79 Å². The number of benzene rings is 2. The molecule has 0 atom stereocenters. The van der Waals surface area contributed by atoms with E-state index in [1.165, 1.54) is 54.6 Å². The number of carbonyl (C=O) groups is 1. The summed E-state index contributed by atoms with van der Waals surface area (Å²) < 4.78 is 12.8. The van der Waals surface area contributed by atoms with Gasteiger partial charge in [-0.2, -0.15) is 5.26 Å². The van der Waals surface area contributed by atoms with Gasteiger partial charge in [0, 0.05) is 5.69 Å². The Labute approximate surface area is 120 Å². The normalized spacial score (nSPS) is 10.8.